The van der Waals surface area contributed by atoms with E-state index in [1.54, 1.807) is 0 Å². The maximum atomic E-state index is 6.06. The summed E-state index contributed by atoms with van der Waals surface area (Å²) in [6, 6.07) is 8.52. The molecule has 0 spiro atoms. The van der Waals surface area contributed by atoms with E-state index in [-0.39, 0.29) is 0 Å². The summed E-state index contributed by atoms with van der Waals surface area (Å²) < 4.78 is 6.06. The summed E-state index contributed by atoms with van der Waals surface area (Å²) in [7, 11) is 0. The lowest BCUT2D eigenvalue weighted by atomic mass is 9.66. The van der Waals surface area contributed by atoms with Gasteiger partial charge in [0.1, 0.15) is 5.75 Å². The van der Waals surface area contributed by atoms with Crippen LogP contribution in [0.25, 0.3) is 0 Å². The van der Waals surface area contributed by atoms with Crippen molar-refractivity contribution in [2.24, 2.45) is 35.5 Å². The minimum absolute atomic E-state index is 0.767. The Bertz CT molecular complexity index is 614. The molecule has 0 bridgehead atoms. The van der Waals surface area contributed by atoms with Crippen molar-refractivity contribution in [1.82, 2.24) is 0 Å². The molecular formula is C27H40O. The third kappa shape index (κ3) is 5.22. The molecule has 0 N–H and O–H groups in total. The van der Waals surface area contributed by atoms with E-state index >= 15 is 0 Å². The Balaban J connectivity index is 1.16. The van der Waals surface area contributed by atoms with Gasteiger partial charge in [0.2, 0.25) is 0 Å². The third-order valence-electron chi connectivity index (χ3n) is 8.13. The molecule has 0 heterocycles. The summed E-state index contributed by atoms with van der Waals surface area (Å²) >= 11 is 0. The van der Waals surface area contributed by atoms with E-state index in [0.29, 0.717) is 0 Å². The monoisotopic (exact) mass is 380 g/mol. The lowest BCUT2D eigenvalue weighted by molar-refractivity contribution is 0.113. The van der Waals surface area contributed by atoms with Crippen molar-refractivity contribution in [1.29, 1.82) is 0 Å². The fourth-order valence-corrected chi connectivity index (χ4v) is 6.09. The van der Waals surface area contributed by atoms with Gasteiger partial charge in [0.05, 0.1) is 6.61 Å². The van der Waals surface area contributed by atoms with Crippen LogP contribution in [-0.2, 0) is 0 Å². The molecule has 3 aliphatic rings. The number of rotatable bonds is 5. The first-order valence-corrected chi connectivity index (χ1v) is 12.0. The molecule has 0 radical (unpaired) electrons. The van der Waals surface area contributed by atoms with Gasteiger partial charge in [0, 0.05) is 0 Å². The van der Waals surface area contributed by atoms with Crippen LogP contribution < -0.4 is 4.74 Å². The van der Waals surface area contributed by atoms with Crippen molar-refractivity contribution in [3.8, 4) is 5.75 Å². The maximum Gasteiger partial charge on any atom is 0.119 e. The summed E-state index contributed by atoms with van der Waals surface area (Å²) in [4.78, 5) is 0. The van der Waals surface area contributed by atoms with E-state index in [0.717, 1.165) is 47.9 Å². The maximum absolute atomic E-state index is 6.06. The van der Waals surface area contributed by atoms with Crippen molar-refractivity contribution in [2.75, 3.05) is 6.61 Å². The zero-order chi connectivity index (χ0) is 19.3. The molecule has 1 aromatic carbocycles. The Morgan fingerprint density at radius 2 is 1.32 bits per heavy atom. The Kier molecular flexibility index (Phi) is 6.81. The van der Waals surface area contributed by atoms with Gasteiger partial charge < -0.3 is 4.74 Å². The molecule has 4 rings (SSSR count). The third-order valence-corrected chi connectivity index (χ3v) is 8.13. The number of hydrogen-bond acceptors (Lipinski definition) is 1. The van der Waals surface area contributed by atoms with Crippen molar-refractivity contribution < 1.29 is 4.74 Å². The van der Waals surface area contributed by atoms with Gasteiger partial charge in [0.15, 0.2) is 0 Å². The highest BCUT2D eigenvalue weighted by Gasteiger charge is 2.33. The summed E-state index contributed by atoms with van der Waals surface area (Å²) in [5, 5.41) is 0. The normalized spacial score (nSPS) is 36.2. The highest BCUT2D eigenvalue weighted by Crippen LogP contribution is 2.44. The van der Waals surface area contributed by atoms with Crippen molar-refractivity contribution in [3.63, 3.8) is 0 Å². The van der Waals surface area contributed by atoms with Gasteiger partial charge in [-0.05, 0) is 119 Å². The summed E-state index contributed by atoms with van der Waals surface area (Å²) in [6.45, 7) is 5.41. The molecule has 154 valence electrons. The average molecular weight is 381 g/mol. The zero-order valence-electron chi connectivity index (χ0n) is 18.1. The topological polar surface area (TPSA) is 9.23 Å². The van der Waals surface area contributed by atoms with E-state index in [1.807, 2.05) is 0 Å². The molecule has 28 heavy (non-hydrogen) atoms. The zero-order valence-corrected chi connectivity index (χ0v) is 18.1. The van der Waals surface area contributed by atoms with Gasteiger partial charge in [-0.25, -0.2) is 0 Å². The van der Waals surface area contributed by atoms with Gasteiger partial charge in [-0.1, -0.05) is 36.8 Å². The van der Waals surface area contributed by atoms with Crippen LogP contribution in [0.5, 0.6) is 5.75 Å². The average Bonchev–Trinajstić information content (AvgIpc) is 2.74. The van der Waals surface area contributed by atoms with Crippen LogP contribution in [0.1, 0.15) is 76.7 Å². The number of aryl methyl sites for hydroxylation is 1. The fourth-order valence-electron chi connectivity index (χ4n) is 6.09. The lowest BCUT2D eigenvalue weighted by Crippen LogP contribution is -2.29. The first-order valence-electron chi connectivity index (χ1n) is 12.0. The minimum atomic E-state index is 0.767. The standard InChI is InChI=1S/C27H40O/c1-20-3-9-23(10-4-20)25-13-15-26(16-14-25)24-11-7-22(8-12-24)19-28-27-17-5-21(2)6-18-27/h3,5-6,9,17-18,20,22-26H,4,7-8,10-16,19H2,1-2H3. The molecule has 0 aliphatic heterocycles. The molecule has 2 fully saturated rings. The summed E-state index contributed by atoms with van der Waals surface area (Å²) in [5.41, 5.74) is 1.30. The second kappa shape index (κ2) is 9.51. The Hall–Kier alpha value is -1.24. The summed E-state index contributed by atoms with van der Waals surface area (Å²) in [6.07, 6.45) is 19.5. The van der Waals surface area contributed by atoms with Gasteiger partial charge in [-0.15, -0.1) is 0 Å². The smallest absolute Gasteiger partial charge is 0.119 e. The number of hydrogen-bond donors (Lipinski definition) is 0. The lowest BCUT2D eigenvalue weighted by Gasteiger charge is -2.40. The van der Waals surface area contributed by atoms with Crippen LogP contribution in [-0.4, -0.2) is 6.61 Å². The quantitative estimate of drug-likeness (QED) is 0.478. The van der Waals surface area contributed by atoms with Crippen LogP contribution in [0.4, 0.5) is 0 Å². The van der Waals surface area contributed by atoms with Crippen molar-refractivity contribution >= 4 is 0 Å². The summed E-state index contributed by atoms with van der Waals surface area (Å²) in [5.74, 6) is 6.52. The van der Waals surface area contributed by atoms with Gasteiger partial charge in [-0.2, -0.15) is 0 Å². The number of allylic oxidation sites excluding steroid dienone is 2. The molecule has 1 nitrogen and oxygen atoms in total. The molecule has 0 saturated heterocycles. The number of ether oxygens (including phenoxy) is 1. The highest BCUT2D eigenvalue weighted by atomic mass is 16.5. The van der Waals surface area contributed by atoms with Crippen molar-refractivity contribution in [2.45, 2.75) is 78.1 Å². The second-order valence-corrected chi connectivity index (χ2v) is 10.2. The van der Waals surface area contributed by atoms with E-state index < -0.39 is 0 Å². The van der Waals surface area contributed by atoms with Crippen LogP contribution in [0, 0.1) is 42.4 Å². The predicted molar refractivity (Wildman–Crippen MR) is 119 cm³/mol. The molecule has 1 aromatic rings. The molecule has 0 aromatic heterocycles. The first-order chi connectivity index (χ1) is 13.7. The number of benzene rings is 1. The van der Waals surface area contributed by atoms with E-state index in [2.05, 4.69) is 50.3 Å². The highest BCUT2D eigenvalue weighted by molar-refractivity contribution is 5.26. The Morgan fingerprint density at radius 3 is 1.93 bits per heavy atom. The molecule has 2 atom stereocenters. The van der Waals surface area contributed by atoms with Gasteiger partial charge in [0.25, 0.3) is 0 Å². The fraction of sp³-hybridized carbons (Fsp3) is 0.704. The van der Waals surface area contributed by atoms with E-state index in [1.165, 1.54) is 69.8 Å². The van der Waals surface area contributed by atoms with Gasteiger partial charge >= 0.3 is 0 Å². The van der Waals surface area contributed by atoms with E-state index in [9.17, 15) is 0 Å². The van der Waals surface area contributed by atoms with E-state index in [4.69, 9.17) is 4.74 Å². The molecular weight excluding hydrogens is 340 g/mol. The SMILES string of the molecule is Cc1ccc(OCC2CCC(C3CCC(C4C=CC(C)CC4)CC3)CC2)cc1. The van der Waals surface area contributed by atoms with Crippen molar-refractivity contribution in [3.05, 3.63) is 42.0 Å². The van der Waals surface area contributed by atoms with Crippen LogP contribution in [0.15, 0.2) is 36.4 Å². The second-order valence-electron chi connectivity index (χ2n) is 10.2. The molecule has 0 amide bonds. The predicted octanol–water partition coefficient (Wildman–Crippen LogP) is 7.59. The molecule has 2 unspecified atom stereocenters. The molecule has 2 saturated carbocycles. The first kappa shape index (κ1) is 20.0. The molecule has 1 heteroatoms. The Labute approximate surface area is 173 Å². The minimum Gasteiger partial charge on any atom is -0.493 e. The largest absolute Gasteiger partial charge is 0.493 e. The van der Waals surface area contributed by atoms with Crippen LogP contribution >= 0.6 is 0 Å². The Morgan fingerprint density at radius 1 is 0.714 bits per heavy atom. The van der Waals surface area contributed by atoms with Crippen LogP contribution in [0.2, 0.25) is 0 Å². The molecule has 3 aliphatic carbocycles. The van der Waals surface area contributed by atoms with Crippen LogP contribution in [0.3, 0.4) is 0 Å². The van der Waals surface area contributed by atoms with Gasteiger partial charge in [-0.3, -0.25) is 0 Å².